The number of ether oxygens (including phenoxy) is 1. The summed E-state index contributed by atoms with van der Waals surface area (Å²) in [5.41, 5.74) is 6.24. The number of aromatic nitrogens is 2. The molecule has 1 unspecified atom stereocenters. The first-order chi connectivity index (χ1) is 15.7. The number of hydrogen-bond acceptors (Lipinski definition) is 3. The molecule has 3 rings (SSSR count). The SMILES string of the molecule is C=CCc1ccc2nc(-c3ccc(/C=C/CCCC(C)OCCCCC)cc3)cnc2c1. The molecule has 0 aliphatic rings. The molecule has 0 bridgehead atoms. The summed E-state index contributed by atoms with van der Waals surface area (Å²) in [6, 6.07) is 14.7. The van der Waals surface area contributed by atoms with Crippen molar-refractivity contribution in [2.75, 3.05) is 6.61 Å². The Labute approximate surface area is 193 Å². The fraction of sp³-hybridized carbons (Fsp3) is 0.379. The Balaban J connectivity index is 1.49. The average Bonchev–Trinajstić information content (AvgIpc) is 2.82. The van der Waals surface area contributed by atoms with Crippen molar-refractivity contribution in [3.8, 4) is 11.3 Å². The molecule has 0 spiro atoms. The minimum absolute atomic E-state index is 0.358. The second kappa shape index (κ2) is 12.9. The summed E-state index contributed by atoms with van der Waals surface area (Å²) in [4.78, 5) is 9.41. The van der Waals surface area contributed by atoms with E-state index >= 15 is 0 Å². The lowest BCUT2D eigenvalue weighted by Gasteiger charge is -2.12. The fourth-order valence-corrected chi connectivity index (χ4v) is 3.72. The zero-order valence-electron chi connectivity index (χ0n) is 19.6. The van der Waals surface area contributed by atoms with Crippen molar-refractivity contribution in [1.82, 2.24) is 9.97 Å². The Hall–Kier alpha value is -2.78. The number of fused-ring (bicyclic) bond motifs is 1. The molecule has 168 valence electrons. The molecule has 0 aliphatic heterocycles. The highest BCUT2D eigenvalue weighted by atomic mass is 16.5. The van der Waals surface area contributed by atoms with E-state index in [4.69, 9.17) is 9.72 Å². The molecule has 32 heavy (non-hydrogen) atoms. The van der Waals surface area contributed by atoms with Crippen LogP contribution < -0.4 is 0 Å². The van der Waals surface area contributed by atoms with Crippen molar-refractivity contribution in [1.29, 1.82) is 0 Å². The highest BCUT2D eigenvalue weighted by molar-refractivity contribution is 5.78. The van der Waals surface area contributed by atoms with E-state index in [0.29, 0.717) is 6.10 Å². The van der Waals surface area contributed by atoms with Gasteiger partial charge in [-0.05, 0) is 62.3 Å². The Morgan fingerprint density at radius 2 is 1.88 bits per heavy atom. The molecule has 0 radical (unpaired) electrons. The Morgan fingerprint density at radius 1 is 1.03 bits per heavy atom. The van der Waals surface area contributed by atoms with Gasteiger partial charge in [-0.25, -0.2) is 4.98 Å². The van der Waals surface area contributed by atoms with Gasteiger partial charge < -0.3 is 4.74 Å². The molecule has 0 saturated carbocycles. The summed E-state index contributed by atoms with van der Waals surface area (Å²) in [5.74, 6) is 0. The molecule has 0 N–H and O–H groups in total. The van der Waals surface area contributed by atoms with E-state index in [1.807, 2.05) is 18.3 Å². The zero-order chi connectivity index (χ0) is 22.6. The van der Waals surface area contributed by atoms with E-state index in [9.17, 15) is 0 Å². The molecule has 0 aliphatic carbocycles. The van der Waals surface area contributed by atoms with E-state index < -0.39 is 0 Å². The lowest BCUT2D eigenvalue weighted by atomic mass is 10.1. The monoisotopic (exact) mass is 428 g/mol. The number of unbranched alkanes of at least 4 members (excludes halogenated alkanes) is 3. The highest BCUT2D eigenvalue weighted by Gasteiger charge is 2.04. The van der Waals surface area contributed by atoms with Crippen LogP contribution in [0.3, 0.4) is 0 Å². The fourth-order valence-electron chi connectivity index (χ4n) is 3.72. The van der Waals surface area contributed by atoms with Crippen molar-refractivity contribution in [3.63, 3.8) is 0 Å². The number of rotatable bonds is 13. The van der Waals surface area contributed by atoms with E-state index in [0.717, 1.165) is 54.6 Å². The summed E-state index contributed by atoms with van der Waals surface area (Å²) >= 11 is 0. The van der Waals surface area contributed by atoms with Gasteiger partial charge in [0.15, 0.2) is 0 Å². The van der Waals surface area contributed by atoms with Crippen LogP contribution in [0.1, 0.15) is 63.5 Å². The zero-order valence-corrected chi connectivity index (χ0v) is 19.6. The Bertz CT molecular complexity index is 1010. The lowest BCUT2D eigenvalue weighted by Crippen LogP contribution is -2.08. The predicted octanol–water partition coefficient (Wildman–Crippen LogP) is 7.80. The second-order valence-corrected chi connectivity index (χ2v) is 8.41. The molecular weight excluding hydrogens is 392 g/mol. The maximum absolute atomic E-state index is 5.87. The third-order valence-electron chi connectivity index (χ3n) is 5.64. The summed E-state index contributed by atoms with van der Waals surface area (Å²) in [5, 5.41) is 0. The third kappa shape index (κ3) is 7.42. The van der Waals surface area contributed by atoms with E-state index in [1.54, 1.807) is 0 Å². The maximum atomic E-state index is 5.87. The molecule has 1 heterocycles. The van der Waals surface area contributed by atoms with Crippen LogP contribution in [0, 0.1) is 0 Å². The van der Waals surface area contributed by atoms with Crippen LogP contribution in [0.15, 0.2) is 67.4 Å². The summed E-state index contributed by atoms with van der Waals surface area (Å²) in [6.07, 6.45) is 16.5. The number of hydrogen-bond donors (Lipinski definition) is 0. The second-order valence-electron chi connectivity index (χ2n) is 8.41. The Kier molecular flexibility index (Phi) is 9.64. The van der Waals surface area contributed by atoms with Gasteiger partial charge in [-0.15, -0.1) is 6.58 Å². The van der Waals surface area contributed by atoms with Gasteiger partial charge in [0.25, 0.3) is 0 Å². The van der Waals surface area contributed by atoms with Crippen LogP contribution in [-0.4, -0.2) is 22.7 Å². The van der Waals surface area contributed by atoms with Crippen molar-refractivity contribution < 1.29 is 4.74 Å². The molecule has 3 heteroatoms. The molecule has 1 atom stereocenters. The van der Waals surface area contributed by atoms with Crippen LogP contribution >= 0.6 is 0 Å². The van der Waals surface area contributed by atoms with E-state index in [1.165, 1.54) is 30.4 Å². The molecule has 3 nitrogen and oxygen atoms in total. The number of benzene rings is 2. The van der Waals surface area contributed by atoms with Gasteiger partial charge in [-0.2, -0.15) is 0 Å². The predicted molar refractivity (Wildman–Crippen MR) is 137 cm³/mol. The summed E-state index contributed by atoms with van der Waals surface area (Å²) in [6.45, 7) is 9.11. The van der Waals surface area contributed by atoms with Crippen LogP contribution in [-0.2, 0) is 11.2 Å². The van der Waals surface area contributed by atoms with Crippen molar-refractivity contribution >= 4 is 17.1 Å². The molecular formula is C29H36N2O. The number of nitrogens with zero attached hydrogens (tertiary/aromatic N) is 2. The van der Waals surface area contributed by atoms with Gasteiger partial charge >= 0.3 is 0 Å². The van der Waals surface area contributed by atoms with Crippen LogP contribution in [0.5, 0.6) is 0 Å². The summed E-state index contributed by atoms with van der Waals surface area (Å²) < 4.78 is 5.87. The van der Waals surface area contributed by atoms with Crippen molar-refractivity contribution in [3.05, 3.63) is 78.5 Å². The Morgan fingerprint density at radius 3 is 2.66 bits per heavy atom. The van der Waals surface area contributed by atoms with Crippen LogP contribution in [0.4, 0.5) is 0 Å². The molecule has 0 fully saturated rings. The maximum Gasteiger partial charge on any atom is 0.0894 e. The quantitative estimate of drug-likeness (QED) is 0.206. The standard InChI is InChI=1S/C29H36N2O/c1-4-6-10-20-32-23(3)12-8-7-9-13-24-14-17-26(18-15-24)29-22-30-28-21-25(11-5-2)16-19-27(28)31-29/h5,9,13-19,21-23H,2,4,6-8,10-12,20H2,1,3H3/b13-9+. The first-order valence-electron chi connectivity index (χ1n) is 11.9. The van der Waals surface area contributed by atoms with E-state index in [2.05, 4.69) is 74.0 Å². The van der Waals surface area contributed by atoms with Gasteiger partial charge in [0, 0.05) is 12.2 Å². The van der Waals surface area contributed by atoms with Gasteiger partial charge in [-0.1, -0.05) is 68.3 Å². The van der Waals surface area contributed by atoms with Crippen LogP contribution in [0.25, 0.3) is 28.4 Å². The minimum atomic E-state index is 0.358. The topological polar surface area (TPSA) is 35.0 Å². The van der Waals surface area contributed by atoms with Crippen molar-refractivity contribution in [2.45, 2.75) is 64.9 Å². The van der Waals surface area contributed by atoms with Gasteiger partial charge in [-0.3, -0.25) is 4.98 Å². The summed E-state index contributed by atoms with van der Waals surface area (Å²) in [7, 11) is 0. The molecule has 0 saturated heterocycles. The smallest absolute Gasteiger partial charge is 0.0894 e. The van der Waals surface area contributed by atoms with E-state index in [-0.39, 0.29) is 0 Å². The normalized spacial score (nSPS) is 12.4. The first-order valence-corrected chi connectivity index (χ1v) is 11.9. The van der Waals surface area contributed by atoms with Gasteiger partial charge in [0.05, 0.1) is 29.0 Å². The van der Waals surface area contributed by atoms with Gasteiger partial charge in [0.2, 0.25) is 0 Å². The van der Waals surface area contributed by atoms with Crippen molar-refractivity contribution in [2.24, 2.45) is 0 Å². The average molecular weight is 429 g/mol. The largest absolute Gasteiger partial charge is 0.379 e. The van der Waals surface area contributed by atoms with Crippen LogP contribution in [0.2, 0.25) is 0 Å². The molecule has 1 aromatic heterocycles. The number of allylic oxidation sites excluding steroid dienone is 2. The minimum Gasteiger partial charge on any atom is -0.379 e. The first kappa shape index (κ1) is 23.9. The molecule has 0 amide bonds. The molecule has 3 aromatic rings. The lowest BCUT2D eigenvalue weighted by molar-refractivity contribution is 0.0566. The third-order valence-corrected chi connectivity index (χ3v) is 5.64. The molecule has 2 aromatic carbocycles. The highest BCUT2D eigenvalue weighted by Crippen LogP contribution is 2.21. The van der Waals surface area contributed by atoms with Gasteiger partial charge in [0.1, 0.15) is 0 Å².